The van der Waals surface area contributed by atoms with Crippen molar-refractivity contribution >= 4 is 16.7 Å². The van der Waals surface area contributed by atoms with E-state index >= 15 is 0 Å². The average Bonchev–Trinajstić information content (AvgIpc) is 2.68. The van der Waals surface area contributed by atoms with Gasteiger partial charge in [-0.3, -0.25) is 4.79 Å². The van der Waals surface area contributed by atoms with Gasteiger partial charge in [-0.1, -0.05) is 78.4 Å². The zero-order valence-corrected chi connectivity index (χ0v) is 13.9. The zero-order valence-electron chi connectivity index (χ0n) is 13.9. The van der Waals surface area contributed by atoms with Crippen molar-refractivity contribution in [2.24, 2.45) is 0 Å². The van der Waals surface area contributed by atoms with Gasteiger partial charge in [0.15, 0.2) is 5.78 Å². The first-order valence-electron chi connectivity index (χ1n) is 8.29. The van der Waals surface area contributed by atoms with Gasteiger partial charge in [0.2, 0.25) is 0 Å². The number of aryl methyl sites for hydroxylation is 1. The number of nitrogens with zero attached hydrogens (tertiary/aromatic N) is 1. The zero-order chi connectivity index (χ0) is 17.2. The number of benzene rings is 3. The minimum Gasteiger partial charge on any atom is -0.289 e. The first-order valence-corrected chi connectivity index (χ1v) is 8.29. The molecule has 0 saturated carbocycles. The van der Waals surface area contributed by atoms with Crippen LogP contribution in [0.3, 0.4) is 0 Å². The van der Waals surface area contributed by atoms with Crippen molar-refractivity contribution in [1.82, 2.24) is 4.98 Å². The lowest BCUT2D eigenvalue weighted by atomic mass is 9.97. The van der Waals surface area contributed by atoms with Gasteiger partial charge in [-0.2, -0.15) is 0 Å². The second-order valence-electron chi connectivity index (χ2n) is 6.13. The van der Waals surface area contributed by atoms with E-state index in [4.69, 9.17) is 4.98 Å². The maximum absolute atomic E-state index is 13.1. The number of aromatic nitrogens is 1. The molecule has 3 aromatic carbocycles. The van der Waals surface area contributed by atoms with Gasteiger partial charge in [0, 0.05) is 22.1 Å². The van der Waals surface area contributed by atoms with Crippen molar-refractivity contribution in [1.29, 1.82) is 0 Å². The van der Waals surface area contributed by atoms with Crippen LogP contribution in [0.5, 0.6) is 0 Å². The van der Waals surface area contributed by atoms with E-state index in [-0.39, 0.29) is 5.78 Å². The molecule has 0 fully saturated rings. The lowest BCUT2D eigenvalue weighted by molar-refractivity contribution is 0.104. The summed E-state index contributed by atoms with van der Waals surface area (Å²) in [5.74, 6) is 0.0209. The number of hydrogen-bond donors (Lipinski definition) is 0. The smallest absolute Gasteiger partial charge is 0.193 e. The Morgan fingerprint density at radius 3 is 2.24 bits per heavy atom. The van der Waals surface area contributed by atoms with Crippen molar-refractivity contribution in [3.63, 3.8) is 0 Å². The number of fused-ring (bicyclic) bond motifs is 1. The molecule has 2 nitrogen and oxygen atoms in total. The highest BCUT2D eigenvalue weighted by Crippen LogP contribution is 2.26. The van der Waals surface area contributed by atoms with E-state index in [2.05, 4.69) is 19.1 Å². The fourth-order valence-corrected chi connectivity index (χ4v) is 2.98. The van der Waals surface area contributed by atoms with Crippen LogP contribution in [0, 0.1) is 6.92 Å². The van der Waals surface area contributed by atoms with Gasteiger partial charge in [0.1, 0.15) is 0 Å². The number of carbonyl (C=O) groups is 1. The van der Waals surface area contributed by atoms with E-state index in [1.165, 1.54) is 5.56 Å². The van der Waals surface area contributed by atoms with Gasteiger partial charge in [0.05, 0.1) is 11.2 Å². The molecule has 0 aliphatic heterocycles. The largest absolute Gasteiger partial charge is 0.289 e. The number of rotatable bonds is 3. The maximum Gasteiger partial charge on any atom is 0.193 e. The molecule has 1 heterocycles. The van der Waals surface area contributed by atoms with Gasteiger partial charge in [-0.25, -0.2) is 4.98 Å². The van der Waals surface area contributed by atoms with E-state index < -0.39 is 0 Å². The Morgan fingerprint density at radius 1 is 0.800 bits per heavy atom. The molecule has 0 saturated heterocycles. The summed E-state index contributed by atoms with van der Waals surface area (Å²) in [5, 5.41) is 0.882. The summed E-state index contributed by atoms with van der Waals surface area (Å²) < 4.78 is 0. The van der Waals surface area contributed by atoms with E-state index in [9.17, 15) is 4.79 Å². The minimum atomic E-state index is 0.0209. The van der Waals surface area contributed by atoms with Crippen LogP contribution < -0.4 is 0 Å². The predicted molar refractivity (Wildman–Crippen MR) is 102 cm³/mol. The number of ketones is 1. The number of carbonyl (C=O) groups excluding carboxylic acids is 1. The lowest BCUT2D eigenvalue weighted by Crippen LogP contribution is -2.03. The molecule has 4 rings (SSSR count). The molecule has 25 heavy (non-hydrogen) atoms. The third-order valence-corrected chi connectivity index (χ3v) is 4.34. The van der Waals surface area contributed by atoms with E-state index in [0.717, 1.165) is 22.2 Å². The summed E-state index contributed by atoms with van der Waals surface area (Å²) in [6, 6.07) is 27.3. The molecule has 0 radical (unpaired) electrons. The molecule has 0 aliphatic rings. The second kappa shape index (κ2) is 6.33. The summed E-state index contributed by atoms with van der Waals surface area (Å²) in [7, 11) is 0. The van der Waals surface area contributed by atoms with Crippen molar-refractivity contribution in [2.45, 2.75) is 6.92 Å². The fourth-order valence-electron chi connectivity index (χ4n) is 2.98. The molecule has 0 atom stereocenters. The number of pyridine rings is 1. The first kappa shape index (κ1) is 15.3. The van der Waals surface area contributed by atoms with Crippen molar-refractivity contribution < 1.29 is 4.79 Å². The van der Waals surface area contributed by atoms with Crippen molar-refractivity contribution in [3.05, 3.63) is 102 Å². The molecule has 2 heteroatoms. The Balaban J connectivity index is 1.93. The molecule has 120 valence electrons. The summed E-state index contributed by atoms with van der Waals surface area (Å²) in [6.07, 6.45) is 0. The predicted octanol–water partition coefficient (Wildman–Crippen LogP) is 5.44. The number of para-hydroxylation sites is 1. The van der Waals surface area contributed by atoms with Crippen LogP contribution in [0.25, 0.3) is 22.2 Å². The maximum atomic E-state index is 13.1. The second-order valence-corrected chi connectivity index (χ2v) is 6.13. The summed E-state index contributed by atoms with van der Waals surface area (Å²) in [6.45, 7) is 2.06. The van der Waals surface area contributed by atoms with Crippen LogP contribution in [0.15, 0.2) is 84.9 Å². The Hall–Kier alpha value is -3.26. The Kier molecular flexibility index (Phi) is 3.87. The molecular formula is C23H17NO. The van der Waals surface area contributed by atoms with E-state index in [0.29, 0.717) is 11.1 Å². The minimum absolute atomic E-state index is 0.0209. The Labute approximate surface area is 146 Å². The standard InChI is InChI=1S/C23H17NO/c1-16-11-13-17(14-12-16)22-15-20(19-9-5-6-10-21(19)24-22)23(25)18-7-3-2-4-8-18/h2-15H,1H3. The van der Waals surface area contributed by atoms with Gasteiger partial charge in [0.25, 0.3) is 0 Å². The van der Waals surface area contributed by atoms with Crippen LogP contribution in [-0.2, 0) is 0 Å². The summed E-state index contributed by atoms with van der Waals surface area (Å²) >= 11 is 0. The fraction of sp³-hybridized carbons (Fsp3) is 0.0435. The monoisotopic (exact) mass is 323 g/mol. The third kappa shape index (κ3) is 2.94. The molecule has 0 unspecified atom stereocenters. The van der Waals surface area contributed by atoms with E-state index in [1.807, 2.05) is 72.8 Å². The molecule has 0 bridgehead atoms. The average molecular weight is 323 g/mol. The molecule has 0 N–H and O–H groups in total. The Bertz CT molecular complexity index is 1050. The first-order chi connectivity index (χ1) is 12.2. The van der Waals surface area contributed by atoms with Crippen LogP contribution in [0.4, 0.5) is 0 Å². The third-order valence-electron chi connectivity index (χ3n) is 4.34. The van der Waals surface area contributed by atoms with E-state index in [1.54, 1.807) is 0 Å². The Morgan fingerprint density at radius 2 is 1.48 bits per heavy atom. The van der Waals surface area contributed by atoms with Crippen LogP contribution in [0.1, 0.15) is 21.5 Å². The molecular weight excluding hydrogens is 306 g/mol. The molecule has 0 aliphatic carbocycles. The van der Waals surface area contributed by atoms with Crippen LogP contribution in [-0.4, -0.2) is 10.8 Å². The summed E-state index contributed by atoms with van der Waals surface area (Å²) in [4.78, 5) is 17.8. The SMILES string of the molecule is Cc1ccc(-c2cc(C(=O)c3ccccc3)c3ccccc3n2)cc1. The van der Waals surface area contributed by atoms with Gasteiger partial charge in [-0.15, -0.1) is 0 Å². The molecule has 1 aromatic heterocycles. The van der Waals surface area contributed by atoms with Gasteiger partial charge < -0.3 is 0 Å². The van der Waals surface area contributed by atoms with Crippen LogP contribution in [0.2, 0.25) is 0 Å². The molecule has 4 aromatic rings. The topological polar surface area (TPSA) is 30.0 Å². The number of hydrogen-bond acceptors (Lipinski definition) is 2. The highest BCUT2D eigenvalue weighted by Gasteiger charge is 2.15. The molecule has 0 spiro atoms. The summed E-state index contributed by atoms with van der Waals surface area (Å²) in [5.41, 5.74) is 5.24. The highest BCUT2D eigenvalue weighted by molar-refractivity contribution is 6.16. The quantitative estimate of drug-likeness (QED) is 0.470. The van der Waals surface area contributed by atoms with Gasteiger partial charge in [-0.05, 0) is 19.1 Å². The normalized spacial score (nSPS) is 10.8. The van der Waals surface area contributed by atoms with Crippen LogP contribution >= 0.6 is 0 Å². The van der Waals surface area contributed by atoms with Crippen molar-refractivity contribution in [2.75, 3.05) is 0 Å². The van der Waals surface area contributed by atoms with Gasteiger partial charge >= 0.3 is 0 Å². The highest BCUT2D eigenvalue weighted by atomic mass is 16.1. The van der Waals surface area contributed by atoms with Crippen molar-refractivity contribution in [3.8, 4) is 11.3 Å². The lowest BCUT2D eigenvalue weighted by Gasteiger charge is -2.10. The molecule has 0 amide bonds.